The minimum absolute atomic E-state index is 0.263. The summed E-state index contributed by atoms with van der Waals surface area (Å²) in [6, 6.07) is 2.05. The molecule has 0 saturated carbocycles. The molecule has 1 unspecified atom stereocenters. The van der Waals surface area contributed by atoms with E-state index in [1.54, 1.807) is 11.3 Å². The Bertz CT molecular complexity index is 209. The van der Waals surface area contributed by atoms with E-state index in [9.17, 15) is 5.11 Å². The zero-order valence-electron chi connectivity index (χ0n) is 7.90. The van der Waals surface area contributed by atoms with Crippen molar-refractivity contribution >= 4 is 11.3 Å². The molecule has 0 spiro atoms. The molecule has 2 nitrogen and oxygen atoms in total. The lowest BCUT2D eigenvalue weighted by atomic mass is 10.1. The largest absolute Gasteiger partial charge is 0.393 e. The summed E-state index contributed by atoms with van der Waals surface area (Å²) in [4.78, 5) is 0. The van der Waals surface area contributed by atoms with E-state index in [-0.39, 0.29) is 6.10 Å². The van der Waals surface area contributed by atoms with E-state index in [4.69, 9.17) is 4.74 Å². The lowest BCUT2D eigenvalue weighted by molar-refractivity contribution is 0.0888. The van der Waals surface area contributed by atoms with E-state index in [1.165, 1.54) is 5.56 Å². The maximum atomic E-state index is 9.57. The van der Waals surface area contributed by atoms with Gasteiger partial charge in [0.25, 0.3) is 0 Å². The van der Waals surface area contributed by atoms with Crippen LogP contribution >= 0.6 is 11.3 Å². The molecule has 1 atom stereocenters. The number of aliphatic hydroxyl groups excluding tert-OH is 1. The van der Waals surface area contributed by atoms with Crippen molar-refractivity contribution in [3.8, 4) is 0 Å². The molecule has 74 valence electrons. The van der Waals surface area contributed by atoms with E-state index in [2.05, 4.69) is 11.4 Å². The molecule has 3 heteroatoms. The van der Waals surface area contributed by atoms with E-state index in [0.29, 0.717) is 6.61 Å². The van der Waals surface area contributed by atoms with E-state index >= 15 is 0 Å². The highest BCUT2D eigenvalue weighted by Gasteiger charge is 2.05. The predicted octanol–water partition coefficient (Wildman–Crippen LogP) is 2.08. The van der Waals surface area contributed by atoms with Gasteiger partial charge in [-0.05, 0) is 42.2 Å². The maximum Gasteiger partial charge on any atom is 0.0602 e. The summed E-state index contributed by atoms with van der Waals surface area (Å²) in [5, 5.41) is 13.7. The third kappa shape index (κ3) is 4.41. The first kappa shape index (κ1) is 10.7. The van der Waals surface area contributed by atoms with Crippen molar-refractivity contribution in [1.29, 1.82) is 0 Å². The minimum Gasteiger partial charge on any atom is -0.393 e. The number of hydrogen-bond donors (Lipinski definition) is 1. The molecule has 0 aromatic carbocycles. The van der Waals surface area contributed by atoms with Crippen molar-refractivity contribution in [2.45, 2.75) is 25.9 Å². The summed E-state index contributed by atoms with van der Waals surface area (Å²) in [6.07, 6.45) is 1.21. The summed E-state index contributed by atoms with van der Waals surface area (Å²) in [5.41, 5.74) is 1.22. The molecule has 0 aliphatic heterocycles. The van der Waals surface area contributed by atoms with Crippen molar-refractivity contribution in [1.82, 2.24) is 0 Å². The van der Waals surface area contributed by atoms with Gasteiger partial charge in [-0.15, -0.1) is 0 Å². The lowest BCUT2D eigenvalue weighted by Crippen LogP contribution is -2.13. The van der Waals surface area contributed by atoms with Gasteiger partial charge in [0.15, 0.2) is 0 Å². The van der Waals surface area contributed by atoms with Crippen LogP contribution in [0.2, 0.25) is 0 Å². The molecule has 0 amide bonds. The van der Waals surface area contributed by atoms with Crippen molar-refractivity contribution in [3.05, 3.63) is 22.4 Å². The van der Waals surface area contributed by atoms with Gasteiger partial charge in [-0.1, -0.05) is 0 Å². The van der Waals surface area contributed by atoms with Crippen LogP contribution in [0.25, 0.3) is 0 Å². The Hall–Kier alpha value is -0.380. The highest BCUT2D eigenvalue weighted by Crippen LogP contribution is 2.10. The van der Waals surface area contributed by atoms with Gasteiger partial charge in [0.05, 0.1) is 6.10 Å². The van der Waals surface area contributed by atoms with Crippen molar-refractivity contribution in [2.75, 3.05) is 13.2 Å². The van der Waals surface area contributed by atoms with Crippen LogP contribution in [-0.2, 0) is 11.2 Å². The SMILES string of the molecule is CCOCCC(O)Cc1ccsc1. The van der Waals surface area contributed by atoms with Gasteiger partial charge in [-0.2, -0.15) is 11.3 Å². The molecule has 1 aromatic heterocycles. The molecule has 0 saturated heterocycles. The molecule has 0 aliphatic rings. The van der Waals surface area contributed by atoms with Crippen molar-refractivity contribution in [3.63, 3.8) is 0 Å². The summed E-state index contributed by atoms with van der Waals surface area (Å²) < 4.78 is 5.17. The fourth-order valence-corrected chi connectivity index (χ4v) is 1.83. The van der Waals surface area contributed by atoms with Crippen molar-refractivity contribution < 1.29 is 9.84 Å². The molecule has 1 rings (SSSR count). The van der Waals surface area contributed by atoms with Crippen molar-refractivity contribution in [2.24, 2.45) is 0 Å². The number of rotatable bonds is 6. The highest BCUT2D eigenvalue weighted by molar-refractivity contribution is 7.07. The highest BCUT2D eigenvalue weighted by atomic mass is 32.1. The smallest absolute Gasteiger partial charge is 0.0602 e. The molecule has 0 bridgehead atoms. The topological polar surface area (TPSA) is 29.5 Å². The standard InChI is InChI=1S/C10H16O2S/c1-2-12-5-3-10(11)7-9-4-6-13-8-9/h4,6,8,10-11H,2-3,5,7H2,1H3. The van der Waals surface area contributed by atoms with E-state index < -0.39 is 0 Å². The predicted molar refractivity (Wildman–Crippen MR) is 55.1 cm³/mol. The van der Waals surface area contributed by atoms with Crippen LogP contribution in [0.1, 0.15) is 18.9 Å². The van der Waals surface area contributed by atoms with Crippen LogP contribution in [0.3, 0.4) is 0 Å². The third-order valence-electron chi connectivity index (χ3n) is 1.85. The van der Waals surface area contributed by atoms with Gasteiger partial charge in [-0.25, -0.2) is 0 Å². The Labute approximate surface area is 83.2 Å². The normalized spacial score (nSPS) is 13.1. The first-order valence-corrected chi connectivity index (χ1v) is 5.54. The fraction of sp³-hybridized carbons (Fsp3) is 0.600. The van der Waals surface area contributed by atoms with E-state index in [0.717, 1.165) is 19.4 Å². The number of aliphatic hydroxyl groups is 1. The second-order valence-electron chi connectivity index (χ2n) is 2.98. The molecule has 13 heavy (non-hydrogen) atoms. The fourth-order valence-electron chi connectivity index (χ4n) is 1.15. The molecule has 1 heterocycles. The average molecular weight is 200 g/mol. The van der Waals surface area contributed by atoms with Gasteiger partial charge >= 0.3 is 0 Å². The Morgan fingerprint density at radius 1 is 1.62 bits per heavy atom. The summed E-state index contributed by atoms with van der Waals surface area (Å²) in [7, 11) is 0. The molecular weight excluding hydrogens is 184 g/mol. The molecule has 0 aliphatic carbocycles. The Kier molecular flexibility index (Phi) is 5.05. The number of hydrogen-bond acceptors (Lipinski definition) is 3. The lowest BCUT2D eigenvalue weighted by Gasteiger charge is -2.08. The first-order valence-electron chi connectivity index (χ1n) is 4.59. The molecular formula is C10H16O2S. The number of thiophene rings is 1. The molecule has 0 radical (unpaired) electrons. The van der Waals surface area contributed by atoms with Gasteiger partial charge in [-0.3, -0.25) is 0 Å². The van der Waals surface area contributed by atoms with Crippen LogP contribution in [0.15, 0.2) is 16.8 Å². The van der Waals surface area contributed by atoms with Crippen LogP contribution in [-0.4, -0.2) is 24.4 Å². The summed E-state index contributed by atoms with van der Waals surface area (Å²) in [6.45, 7) is 3.35. The zero-order valence-corrected chi connectivity index (χ0v) is 8.72. The monoisotopic (exact) mass is 200 g/mol. The third-order valence-corrected chi connectivity index (χ3v) is 2.58. The number of ether oxygens (including phenoxy) is 1. The van der Waals surface area contributed by atoms with Crippen LogP contribution < -0.4 is 0 Å². The van der Waals surface area contributed by atoms with Crippen LogP contribution in [0, 0.1) is 0 Å². The molecule has 1 aromatic rings. The molecule has 1 N–H and O–H groups in total. The maximum absolute atomic E-state index is 9.57. The molecule has 0 fully saturated rings. The first-order chi connectivity index (χ1) is 6.33. The minimum atomic E-state index is -0.263. The summed E-state index contributed by atoms with van der Waals surface area (Å²) >= 11 is 1.67. The van der Waals surface area contributed by atoms with Gasteiger partial charge in [0.1, 0.15) is 0 Å². The quantitative estimate of drug-likeness (QED) is 0.712. The second-order valence-corrected chi connectivity index (χ2v) is 3.76. The zero-order chi connectivity index (χ0) is 9.52. The Morgan fingerprint density at radius 2 is 2.46 bits per heavy atom. The second kappa shape index (κ2) is 6.13. The van der Waals surface area contributed by atoms with Gasteiger partial charge in [0.2, 0.25) is 0 Å². The Balaban J connectivity index is 2.14. The average Bonchev–Trinajstić information content (AvgIpc) is 2.57. The van der Waals surface area contributed by atoms with Gasteiger partial charge in [0, 0.05) is 13.2 Å². The Morgan fingerprint density at radius 3 is 3.08 bits per heavy atom. The van der Waals surface area contributed by atoms with E-state index in [1.807, 2.05) is 12.3 Å². The van der Waals surface area contributed by atoms with Crippen LogP contribution in [0.5, 0.6) is 0 Å². The van der Waals surface area contributed by atoms with Crippen LogP contribution in [0.4, 0.5) is 0 Å². The van der Waals surface area contributed by atoms with Gasteiger partial charge < -0.3 is 9.84 Å². The summed E-state index contributed by atoms with van der Waals surface area (Å²) in [5.74, 6) is 0.